The van der Waals surface area contributed by atoms with Crippen molar-refractivity contribution in [1.82, 2.24) is 10.2 Å². The zero-order valence-corrected chi connectivity index (χ0v) is 10.7. The first-order chi connectivity index (χ1) is 8.79. The number of alkyl halides is 3. The molecule has 1 aliphatic rings. The minimum atomic E-state index is -4.28. The molecule has 0 spiro atoms. The molecule has 19 heavy (non-hydrogen) atoms. The van der Waals surface area contributed by atoms with Crippen molar-refractivity contribution in [1.29, 1.82) is 0 Å². The summed E-state index contributed by atoms with van der Waals surface area (Å²) in [6.07, 6.45) is -5.59. The van der Waals surface area contributed by atoms with E-state index in [9.17, 15) is 23.1 Å². The lowest BCUT2D eigenvalue weighted by Crippen LogP contribution is -2.53. The monoisotopic (exact) mass is 284 g/mol. The summed E-state index contributed by atoms with van der Waals surface area (Å²) in [6, 6.07) is -0.849. The first-order valence-electron chi connectivity index (χ1n) is 6.16. The van der Waals surface area contributed by atoms with Crippen LogP contribution in [0.4, 0.5) is 18.0 Å². The summed E-state index contributed by atoms with van der Waals surface area (Å²) in [5, 5.41) is 11.6. The maximum absolute atomic E-state index is 12.0. The Morgan fingerprint density at radius 2 is 2.26 bits per heavy atom. The Bertz CT molecular complexity index is 297. The van der Waals surface area contributed by atoms with Gasteiger partial charge in [0.05, 0.1) is 31.8 Å². The molecule has 1 saturated heterocycles. The molecule has 8 heteroatoms. The van der Waals surface area contributed by atoms with E-state index in [1.807, 2.05) is 0 Å². The van der Waals surface area contributed by atoms with Gasteiger partial charge in [-0.05, 0) is 13.3 Å². The number of nitrogens with one attached hydrogen (secondary N) is 1. The van der Waals surface area contributed by atoms with Crippen LogP contribution in [0.1, 0.15) is 19.8 Å². The van der Waals surface area contributed by atoms with Crippen molar-refractivity contribution < 1.29 is 27.8 Å². The molecule has 0 aliphatic carbocycles. The van der Waals surface area contributed by atoms with Crippen molar-refractivity contribution in [3.05, 3.63) is 0 Å². The summed E-state index contributed by atoms with van der Waals surface area (Å²) >= 11 is 0. The lowest BCUT2D eigenvalue weighted by Gasteiger charge is -2.36. The molecule has 1 heterocycles. The Balaban J connectivity index is 2.43. The topological polar surface area (TPSA) is 61.8 Å². The number of carbonyl (C=O) groups excluding carboxylic acids is 1. The lowest BCUT2D eigenvalue weighted by atomic mass is 10.1. The maximum atomic E-state index is 12.0. The Kier molecular flexibility index (Phi) is 5.86. The van der Waals surface area contributed by atoms with E-state index >= 15 is 0 Å². The van der Waals surface area contributed by atoms with E-state index < -0.39 is 31.3 Å². The Hall–Kier alpha value is -1.02. The average Bonchev–Trinajstić information content (AvgIpc) is 2.27. The number of amides is 2. The number of ether oxygens (including phenoxy) is 1. The molecule has 0 aromatic carbocycles. The first-order valence-corrected chi connectivity index (χ1v) is 6.16. The number of aliphatic hydroxyl groups is 1. The maximum Gasteiger partial charge on any atom is 0.390 e. The normalized spacial score (nSPS) is 22.2. The van der Waals surface area contributed by atoms with Gasteiger partial charge in [0.1, 0.15) is 0 Å². The highest BCUT2D eigenvalue weighted by Crippen LogP contribution is 2.18. The quantitative estimate of drug-likeness (QED) is 0.813. The third kappa shape index (κ3) is 6.11. The molecule has 0 bridgehead atoms. The van der Waals surface area contributed by atoms with Gasteiger partial charge in [0.25, 0.3) is 0 Å². The van der Waals surface area contributed by atoms with Crippen LogP contribution < -0.4 is 5.32 Å². The summed E-state index contributed by atoms with van der Waals surface area (Å²) in [4.78, 5) is 13.2. The predicted octanol–water partition coefficient (Wildman–Crippen LogP) is 1.12. The molecule has 1 fully saturated rings. The second-order valence-corrected chi connectivity index (χ2v) is 4.60. The fraction of sp³-hybridized carbons (Fsp3) is 0.909. The van der Waals surface area contributed by atoms with E-state index in [-0.39, 0.29) is 12.6 Å². The number of hydrogen-bond donors (Lipinski definition) is 2. The summed E-state index contributed by atoms with van der Waals surface area (Å²) in [6.45, 7) is 2.10. The third-order valence-electron chi connectivity index (χ3n) is 2.79. The van der Waals surface area contributed by atoms with Crippen molar-refractivity contribution in [2.24, 2.45) is 0 Å². The lowest BCUT2D eigenvalue weighted by molar-refractivity contribution is -0.133. The van der Waals surface area contributed by atoms with Crippen LogP contribution in [-0.4, -0.2) is 60.7 Å². The van der Waals surface area contributed by atoms with Gasteiger partial charge in [-0.2, -0.15) is 13.2 Å². The number of hydrogen-bond acceptors (Lipinski definition) is 3. The molecule has 2 unspecified atom stereocenters. The molecule has 0 aromatic heterocycles. The Labute approximate surface area is 109 Å². The van der Waals surface area contributed by atoms with E-state index in [0.29, 0.717) is 19.6 Å². The van der Waals surface area contributed by atoms with Gasteiger partial charge in [0.15, 0.2) is 0 Å². The van der Waals surface area contributed by atoms with Gasteiger partial charge in [-0.25, -0.2) is 4.79 Å². The molecule has 2 amide bonds. The van der Waals surface area contributed by atoms with Gasteiger partial charge in [-0.1, -0.05) is 0 Å². The molecule has 0 aromatic rings. The van der Waals surface area contributed by atoms with E-state index in [1.165, 1.54) is 4.90 Å². The van der Waals surface area contributed by atoms with Crippen LogP contribution in [0.5, 0.6) is 0 Å². The summed E-state index contributed by atoms with van der Waals surface area (Å²) in [5.41, 5.74) is 0. The molecule has 2 atom stereocenters. The number of nitrogens with zero attached hydrogens (tertiary/aromatic N) is 1. The van der Waals surface area contributed by atoms with Gasteiger partial charge < -0.3 is 20.1 Å². The summed E-state index contributed by atoms with van der Waals surface area (Å²) in [7, 11) is 0. The fourth-order valence-corrected chi connectivity index (χ4v) is 1.92. The number of aliphatic hydroxyl groups excluding tert-OH is 1. The number of halogens is 3. The van der Waals surface area contributed by atoms with Gasteiger partial charge in [-0.3, -0.25) is 0 Å². The van der Waals surface area contributed by atoms with Crippen LogP contribution in [0.25, 0.3) is 0 Å². The van der Waals surface area contributed by atoms with Gasteiger partial charge in [0.2, 0.25) is 0 Å². The molecule has 0 radical (unpaired) electrons. The highest BCUT2D eigenvalue weighted by Gasteiger charge is 2.30. The average molecular weight is 284 g/mol. The third-order valence-corrected chi connectivity index (χ3v) is 2.79. The predicted molar refractivity (Wildman–Crippen MR) is 61.7 cm³/mol. The zero-order valence-electron chi connectivity index (χ0n) is 10.7. The molecular formula is C11H19F3N2O3. The van der Waals surface area contributed by atoms with Crippen LogP contribution in [0.15, 0.2) is 0 Å². The minimum Gasteiger partial charge on any atom is -0.393 e. The van der Waals surface area contributed by atoms with Crippen LogP contribution in [-0.2, 0) is 4.74 Å². The SMILES string of the molecule is CC(O)CC1COCCN1C(=O)NCCC(F)(F)F. The van der Waals surface area contributed by atoms with Gasteiger partial charge >= 0.3 is 12.2 Å². The smallest absolute Gasteiger partial charge is 0.390 e. The molecule has 112 valence electrons. The van der Waals surface area contributed by atoms with Gasteiger partial charge in [0, 0.05) is 13.1 Å². The van der Waals surface area contributed by atoms with Crippen molar-refractivity contribution in [3.63, 3.8) is 0 Å². The first kappa shape index (κ1) is 16.0. The Morgan fingerprint density at radius 3 is 2.84 bits per heavy atom. The number of carbonyl (C=O) groups is 1. The number of urea groups is 1. The second-order valence-electron chi connectivity index (χ2n) is 4.60. The highest BCUT2D eigenvalue weighted by molar-refractivity contribution is 5.74. The molecule has 5 nitrogen and oxygen atoms in total. The molecule has 1 aliphatic heterocycles. The van der Waals surface area contributed by atoms with E-state index in [2.05, 4.69) is 5.32 Å². The second kappa shape index (κ2) is 6.95. The van der Waals surface area contributed by atoms with Crippen molar-refractivity contribution in [2.75, 3.05) is 26.3 Å². The van der Waals surface area contributed by atoms with E-state index in [0.717, 1.165) is 0 Å². The van der Waals surface area contributed by atoms with Crippen LogP contribution in [0, 0.1) is 0 Å². The zero-order chi connectivity index (χ0) is 14.5. The van der Waals surface area contributed by atoms with Crippen molar-refractivity contribution >= 4 is 6.03 Å². The number of rotatable bonds is 4. The van der Waals surface area contributed by atoms with Crippen LogP contribution in [0.2, 0.25) is 0 Å². The standard InChI is InChI=1S/C11H19F3N2O3/c1-8(17)6-9-7-19-5-4-16(9)10(18)15-3-2-11(12,13)14/h8-9,17H,2-7H2,1H3,(H,15,18). The van der Waals surface area contributed by atoms with Crippen LogP contribution >= 0.6 is 0 Å². The van der Waals surface area contributed by atoms with Crippen LogP contribution in [0.3, 0.4) is 0 Å². The van der Waals surface area contributed by atoms with Crippen molar-refractivity contribution in [3.8, 4) is 0 Å². The van der Waals surface area contributed by atoms with Gasteiger partial charge in [-0.15, -0.1) is 0 Å². The van der Waals surface area contributed by atoms with E-state index in [1.54, 1.807) is 6.92 Å². The fourth-order valence-electron chi connectivity index (χ4n) is 1.92. The highest BCUT2D eigenvalue weighted by atomic mass is 19.4. The summed E-state index contributed by atoms with van der Waals surface area (Å²) < 4.78 is 41.1. The molecule has 0 saturated carbocycles. The minimum absolute atomic E-state index is 0.289. The van der Waals surface area contributed by atoms with Crippen molar-refractivity contribution in [2.45, 2.75) is 38.1 Å². The number of morpholine rings is 1. The van der Waals surface area contributed by atoms with E-state index in [4.69, 9.17) is 4.74 Å². The Morgan fingerprint density at radius 1 is 1.58 bits per heavy atom. The molecular weight excluding hydrogens is 265 g/mol. The molecule has 2 N–H and O–H groups in total. The largest absolute Gasteiger partial charge is 0.393 e. The molecule has 1 rings (SSSR count). The summed E-state index contributed by atoms with van der Waals surface area (Å²) in [5.74, 6) is 0.